The van der Waals surface area contributed by atoms with Crippen LogP contribution in [0, 0.1) is 6.92 Å². The lowest BCUT2D eigenvalue weighted by Gasteiger charge is -2.30. The van der Waals surface area contributed by atoms with Crippen molar-refractivity contribution < 1.29 is 9.90 Å². The molecule has 0 bridgehead atoms. The summed E-state index contributed by atoms with van der Waals surface area (Å²) < 4.78 is 0. The van der Waals surface area contributed by atoms with Crippen LogP contribution >= 0.6 is 11.6 Å². The molecular weight excluding hydrogens is 262 g/mol. The maximum atomic E-state index is 12.6. The number of carbonyl (C=O) groups excluding carboxylic acids is 1. The first-order valence-electron chi connectivity index (χ1n) is 6.71. The molecule has 0 aliphatic heterocycles. The number of aromatic hydroxyl groups is 1. The molecule has 4 heteroatoms. The van der Waals surface area contributed by atoms with E-state index in [9.17, 15) is 9.90 Å². The smallest absolute Gasteiger partial charge is 0.254 e. The number of amides is 1. The Labute approximate surface area is 120 Å². The fourth-order valence-electron chi connectivity index (χ4n) is 2.31. The molecule has 0 fully saturated rings. The minimum Gasteiger partial charge on any atom is -0.508 e. The van der Waals surface area contributed by atoms with Gasteiger partial charge in [0.2, 0.25) is 0 Å². The minimum atomic E-state index is -0.00755. The van der Waals surface area contributed by atoms with Gasteiger partial charge in [0.15, 0.2) is 0 Å². The summed E-state index contributed by atoms with van der Waals surface area (Å²) in [6.45, 7) is 6.53. The largest absolute Gasteiger partial charge is 0.508 e. The van der Waals surface area contributed by atoms with Crippen molar-refractivity contribution >= 4 is 17.5 Å². The van der Waals surface area contributed by atoms with Crippen molar-refractivity contribution in [1.82, 2.24) is 4.90 Å². The van der Waals surface area contributed by atoms with E-state index in [1.807, 2.05) is 11.8 Å². The van der Waals surface area contributed by atoms with Crippen molar-refractivity contribution in [3.63, 3.8) is 0 Å². The average Bonchev–Trinajstić information content (AvgIpc) is 2.38. The highest BCUT2D eigenvalue weighted by molar-refractivity contribution is 6.18. The van der Waals surface area contributed by atoms with E-state index in [4.69, 9.17) is 11.6 Å². The second-order valence-corrected chi connectivity index (χ2v) is 5.04. The molecule has 0 atom stereocenters. The molecule has 3 nitrogen and oxygen atoms in total. The average molecular weight is 284 g/mol. The van der Waals surface area contributed by atoms with E-state index in [1.54, 1.807) is 18.2 Å². The molecule has 0 aromatic heterocycles. The zero-order valence-corrected chi connectivity index (χ0v) is 12.6. The number of benzene rings is 1. The highest BCUT2D eigenvalue weighted by Crippen LogP contribution is 2.20. The number of hydrogen-bond acceptors (Lipinski definition) is 2. The number of alkyl halides is 1. The molecule has 0 heterocycles. The van der Waals surface area contributed by atoms with E-state index in [2.05, 4.69) is 13.8 Å². The maximum Gasteiger partial charge on any atom is 0.254 e. The van der Waals surface area contributed by atoms with Crippen LogP contribution in [0.2, 0.25) is 0 Å². The Kier molecular flexibility index (Phi) is 6.16. The Morgan fingerprint density at radius 1 is 1.37 bits per heavy atom. The van der Waals surface area contributed by atoms with Gasteiger partial charge in [-0.3, -0.25) is 4.79 Å². The van der Waals surface area contributed by atoms with Crippen LogP contribution in [0.5, 0.6) is 5.75 Å². The third-order valence-electron chi connectivity index (χ3n) is 3.41. The van der Waals surface area contributed by atoms with Gasteiger partial charge in [0.25, 0.3) is 5.91 Å². The molecule has 0 unspecified atom stereocenters. The summed E-state index contributed by atoms with van der Waals surface area (Å²) in [5.74, 6) is 0.603. The fraction of sp³-hybridized carbons (Fsp3) is 0.533. The van der Waals surface area contributed by atoms with E-state index < -0.39 is 0 Å². The van der Waals surface area contributed by atoms with Crippen LogP contribution in [0.4, 0.5) is 0 Å². The van der Waals surface area contributed by atoms with Gasteiger partial charge in [0.1, 0.15) is 5.75 Å². The summed E-state index contributed by atoms with van der Waals surface area (Å²) in [5, 5.41) is 9.42. The molecule has 0 saturated heterocycles. The molecule has 106 valence electrons. The monoisotopic (exact) mass is 283 g/mol. The zero-order chi connectivity index (χ0) is 14.4. The molecule has 0 aliphatic carbocycles. The first-order valence-corrected chi connectivity index (χ1v) is 7.25. The number of carbonyl (C=O) groups is 1. The molecule has 0 saturated carbocycles. The Morgan fingerprint density at radius 2 is 2.00 bits per heavy atom. The van der Waals surface area contributed by atoms with E-state index >= 15 is 0 Å². The van der Waals surface area contributed by atoms with Gasteiger partial charge in [0.05, 0.1) is 0 Å². The number of hydrogen-bond donors (Lipinski definition) is 1. The summed E-state index contributed by atoms with van der Waals surface area (Å²) in [4.78, 5) is 14.5. The van der Waals surface area contributed by atoms with Crippen LogP contribution < -0.4 is 0 Å². The van der Waals surface area contributed by atoms with E-state index in [0.717, 1.165) is 18.4 Å². The molecule has 0 spiro atoms. The number of phenols is 1. The molecule has 1 amide bonds. The van der Waals surface area contributed by atoms with E-state index in [0.29, 0.717) is 18.0 Å². The van der Waals surface area contributed by atoms with Crippen LogP contribution in [0.1, 0.15) is 42.6 Å². The Morgan fingerprint density at radius 3 is 2.47 bits per heavy atom. The summed E-state index contributed by atoms with van der Waals surface area (Å²) in [6, 6.07) is 5.04. The highest BCUT2D eigenvalue weighted by atomic mass is 35.5. The van der Waals surface area contributed by atoms with Crippen molar-refractivity contribution in [2.24, 2.45) is 0 Å². The lowest BCUT2D eigenvalue weighted by atomic mass is 10.0. The van der Waals surface area contributed by atoms with Crippen molar-refractivity contribution in [2.75, 3.05) is 12.4 Å². The van der Waals surface area contributed by atoms with Crippen molar-refractivity contribution in [3.05, 3.63) is 29.3 Å². The van der Waals surface area contributed by atoms with Gasteiger partial charge in [-0.25, -0.2) is 0 Å². The van der Waals surface area contributed by atoms with Gasteiger partial charge in [-0.2, -0.15) is 0 Å². The number of rotatable bonds is 6. The second-order valence-electron chi connectivity index (χ2n) is 4.66. The van der Waals surface area contributed by atoms with Gasteiger partial charge in [0, 0.05) is 24.0 Å². The predicted octanol–water partition coefficient (Wildman–Crippen LogP) is 3.57. The van der Waals surface area contributed by atoms with Crippen molar-refractivity contribution in [2.45, 2.75) is 39.7 Å². The van der Waals surface area contributed by atoms with Crippen molar-refractivity contribution in [3.8, 4) is 5.75 Å². The molecule has 1 N–H and O–H groups in total. The Bertz CT molecular complexity index is 430. The molecule has 0 aliphatic rings. The summed E-state index contributed by atoms with van der Waals surface area (Å²) in [6.07, 6.45) is 1.83. The number of nitrogens with zero attached hydrogens (tertiary/aromatic N) is 1. The quantitative estimate of drug-likeness (QED) is 0.811. The van der Waals surface area contributed by atoms with Crippen LogP contribution in [0.15, 0.2) is 18.2 Å². The summed E-state index contributed by atoms with van der Waals surface area (Å²) >= 11 is 5.82. The SMILES string of the molecule is CCC(CC)N(CCCl)C(=O)c1ccc(O)cc1C. The molecule has 1 aromatic carbocycles. The Hall–Kier alpha value is -1.22. The number of phenolic OH excluding ortho intramolecular Hbond substituents is 1. The van der Waals surface area contributed by atoms with E-state index in [1.165, 1.54) is 0 Å². The van der Waals surface area contributed by atoms with E-state index in [-0.39, 0.29) is 17.7 Å². The third-order valence-corrected chi connectivity index (χ3v) is 3.58. The Balaban J connectivity index is 3.04. The molecule has 0 radical (unpaired) electrons. The molecule has 19 heavy (non-hydrogen) atoms. The first-order chi connectivity index (χ1) is 9.04. The number of halogens is 1. The lowest BCUT2D eigenvalue weighted by Crippen LogP contribution is -2.41. The predicted molar refractivity (Wildman–Crippen MR) is 79.0 cm³/mol. The fourth-order valence-corrected chi connectivity index (χ4v) is 2.50. The van der Waals surface area contributed by atoms with Gasteiger partial charge in [-0.1, -0.05) is 13.8 Å². The van der Waals surface area contributed by atoms with Crippen LogP contribution in [-0.4, -0.2) is 34.4 Å². The zero-order valence-electron chi connectivity index (χ0n) is 11.8. The van der Waals surface area contributed by atoms with Crippen LogP contribution in [0.25, 0.3) is 0 Å². The van der Waals surface area contributed by atoms with Gasteiger partial charge in [-0.05, 0) is 43.5 Å². The summed E-state index contributed by atoms with van der Waals surface area (Å²) in [7, 11) is 0. The summed E-state index contributed by atoms with van der Waals surface area (Å²) in [5.41, 5.74) is 1.42. The third kappa shape index (κ3) is 3.87. The lowest BCUT2D eigenvalue weighted by molar-refractivity contribution is 0.0681. The molecular formula is C15H22ClNO2. The van der Waals surface area contributed by atoms with Gasteiger partial charge < -0.3 is 10.0 Å². The highest BCUT2D eigenvalue weighted by Gasteiger charge is 2.23. The van der Waals surface area contributed by atoms with Gasteiger partial charge in [-0.15, -0.1) is 11.6 Å². The standard InChI is InChI=1S/C15H22ClNO2/c1-4-12(5-2)17(9-8-16)15(19)14-7-6-13(18)10-11(14)3/h6-7,10,12,18H,4-5,8-9H2,1-3H3. The first kappa shape index (κ1) is 15.8. The van der Waals surface area contributed by atoms with Crippen LogP contribution in [-0.2, 0) is 0 Å². The van der Waals surface area contributed by atoms with Crippen molar-refractivity contribution in [1.29, 1.82) is 0 Å². The molecule has 1 aromatic rings. The molecule has 1 rings (SSSR count). The normalized spacial score (nSPS) is 10.8. The second kappa shape index (κ2) is 7.39. The topological polar surface area (TPSA) is 40.5 Å². The minimum absolute atomic E-state index is 0.00755. The van der Waals surface area contributed by atoms with Crippen LogP contribution in [0.3, 0.4) is 0 Å². The van der Waals surface area contributed by atoms with Gasteiger partial charge >= 0.3 is 0 Å². The number of aryl methyl sites for hydroxylation is 1. The maximum absolute atomic E-state index is 12.6.